The zero-order valence-corrected chi connectivity index (χ0v) is 15.4. The van der Waals surface area contributed by atoms with Gasteiger partial charge < -0.3 is 0 Å². The fraction of sp³-hybridized carbons (Fsp3) is 0. The summed E-state index contributed by atoms with van der Waals surface area (Å²) >= 11 is -17.8. The summed E-state index contributed by atoms with van der Waals surface area (Å²) in [6.07, 6.45) is 0. The van der Waals surface area contributed by atoms with Gasteiger partial charge in [0.1, 0.15) is 60.3 Å². The molecule has 16 heteroatoms. The third-order valence-electron chi connectivity index (χ3n) is 0. The second kappa shape index (κ2) is 11.2. The maximum Gasteiger partial charge on any atom is 3.00 e. The largest absolute Gasteiger partial charge is 3.00 e. The zero-order chi connectivity index (χ0) is 13.5. The van der Waals surface area contributed by atoms with E-state index in [-0.39, 0.29) is 19.8 Å². The van der Waals surface area contributed by atoms with Gasteiger partial charge in [-0.25, -0.2) is 0 Å². The summed E-state index contributed by atoms with van der Waals surface area (Å²) in [6, 6.07) is 0. The van der Waals surface area contributed by atoms with E-state index in [4.69, 9.17) is 41.2 Å². The first kappa shape index (κ1) is 26.8. The molecule has 0 unspecified atom stereocenters. The van der Waals surface area contributed by atoms with Crippen molar-refractivity contribution in [1.82, 2.24) is 0 Å². The van der Waals surface area contributed by atoms with E-state index in [0.717, 1.165) is 0 Å². The molecule has 0 aliphatic rings. The molecule has 0 N–H and O–H groups in total. The second-order valence-electron chi connectivity index (χ2n) is 1.13. The summed E-state index contributed by atoms with van der Waals surface area (Å²) in [7, 11) is 0. The molecule has 0 aliphatic heterocycles. The van der Waals surface area contributed by atoms with Gasteiger partial charge in [0.15, 0.2) is 0 Å². The molecule has 0 atom stereocenters. The van der Waals surface area contributed by atoms with Crippen molar-refractivity contribution in [1.29, 1.82) is 0 Å². The summed E-state index contributed by atoms with van der Waals surface area (Å²) in [5.74, 6) is 0. The number of hydrogen-bond donors (Lipinski definition) is 0. The molecule has 0 bridgehead atoms. The van der Waals surface area contributed by atoms with Crippen LogP contribution in [0.25, 0.3) is 0 Å². The smallest absolute Gasteiger partial charge is 0.286 e. The van der Waals surface area contributed by atoms with Crippen LogP contribution in [-0.4, -0.2) is 0 Å². The first-order chi connectivity index (χ1) is 6.00. The Kier molecular flexibility index (Phi) is 18.8. The van der Waals surface area contributed by atoms with Gasteiger partial charge >= 0.3 is 19.8 Å². The van der Waals surface area contributed by atoms with Gasteiger partial charge in [0.25, 0.3) is 0 Å². The van der Waals surface area contributed by atoms with Crippen molar-refractivity contribution < 1.29 is 121 Å². The predicted molar refractivity (Wildman–Crippen MR) is 0 cm³/mol. The van der Waals surface area contributed by atoms with Gasteiger partial charge in [-0.1, -0.05) is 0 Å². The molecule has 0 saturated heterocycles. The molecular formula is I3O12Os. The Morgan fingerprint density at radius 1 is 0.312 bits per heavy atom. The van der Waals surface area contributed by atoms with Crippen LogP contribution in [0.2, 0.25) is 0 Å². The Labute approximate surface area is 120 Å². The Morgan fingerprint density at radius 3 is 0.312 bits per heavy atom. The van der Waals surface area contributed by atoms with Gasteiger partial charge in [0.2, 0.25) is 0 Å². The summed E-state index contributed by atoms with van der Waals surface area (Å²) < 4.78 is 103. The Morgan fingerprint density at radius 2 is 0.312 bits per heavy atom. The van der Waals surface area contributed by atoms with Gasteiger partial charge in [-0.15, -0.1) is 0 Å². The minimum Gasteiger partial charge on any atom is -0.286 e. The fourth-order valence-corrected chi connectivity index (χ4v) is 0. The van der Waals surface area contributed by atoms with E-state index in [0.29, 0.717) is 0 Å². The number of hydrogen-bond acceptors (Lipinski definition) is 12. The molecule has 16 heavy (non-hydrogen) atoms. The molecule has 0 aromatic rings. The first-order valence-electron chi connectivity index (χ1n) is 1.85. The monoisotopic (exact) mass is 765 g/mol. The van der Waals surface area contributed by atoms with Crippen LogP contribution >= 0.6 is 0 Å². The molecule has 0 amide bonds. The van der Waals surface area contributed by atoms with Gasteiger partial charge in [0, 0.05) is 0 Å². The zero-order valence-electron chi connectivity index (χ0n) is 6.39. The molecule has 101 valence electrons. The average Bonchev–Trinajstić information content (AvgIpc) is 1.41. The average molecular weight is 763 g/mol. The van der Waals surface area contributed by atoms with Crippen molar-refractivity contribution in [2.24, 2.45) is 0 Å². The Bertz CT molecular complexity index is 91.3. The van der Waals surface area contributed by atoms with Crippen LogP contribution in [0.15, 0.2) is 0 Å². The molecule has 0 saturated carbocycles. The molecule has 0 heterocycles. The van der Waals surface area contributed by atoms with Crippen LogP contribution in [0.4, 0.5) is 0 Å². The first-order valence-corrected chi connectivity index (χ1v) is 12.4. The van der Waals surface area contributed by atoms with E-state index in [9.17, 15) is 0 Å². The predicted octanol–water partition coefficient (Wildman–Crippen LogP) is -23.3. The number of rotatable bonds is 0. The standard InChI is InChI=1S/3IO4.Os/c3*2-1(3,4)5;/q3*-1;+3. The van der Waals surface area contributed by atoms with E-state index in [1.807, 2.05) is 0 Å². The molecule has 0 spiro atoms. The van der Waals surface area contributed by atoms with Crippen molar-refractivity contribution in [3.63, 3.8) is 0 Å². The van der Waals surface area contributed by atoms with Crippen molar-refractivity contribution >= 4 is 0 Å². The van der Waals surface area contributed by atoms with Crippen molar-refractivity contribution in [2.75, 3.05) is 0 Å². The molecular weight excluding hydrogens is 763 g/mol. The van der Waals surface area contributed by atoms with E-state index >= 15 is 0 Å². The van der Waals surface area contributed by atoms with Crippen molar-refractivity contribution in [3.05, 3.63) is 0 Å². The molecule has 0 fully saturated rings. The molecule has 1 radical (unpaired) electrons. The number of halogens is 3. The van der Waals surface area contributed by atoms with Crippen LogP contribution in [0.3, 0.4) is 0 Å². The topological polar surface area (TPSA) is 277 Å². The van der Waals surface area contributed by atoms with Crippen LogP contribution in [0.5, 0.6) is 0 Å². The van der Waals surface area contributed by atoms with Crippen molar-refractivity contribution in [2.45, 2.75) is 0 Å². The maximum absolute atomic E-state index is 8.62. The van der Waals surface area contributed by atoms with E-state index < -0.39 is 60.3 Å². The minimum absolute atomic E-state index is 0. The van der Waals surface area contributed by atoms with E-state index in [1.54, 1.807) is 0 Å². The van der Waals surface area contributed by atoms with Crippen molar-refractivity contribution in [3.8, 4) is 0 Å². The van der Waals surface area contributed by atoms with Gasteiger partial charge in [-0.3, -0.25) is 41.2 Å². The van der Waals surface area contributed by atoms with Gasteiger partial charge in [-0.2, -0.15) is 0 Å². The van der Waals surface area contributed by atoms with Crippen LogP contribution in [0, 0.1) is 0 Å². The van der Waals surface area contributed by atoms with Crippen LogP contribution < -0.4 is 102 Å². The summed E-state index contributed by atoms with van der Waals surface area (Å²) in [4.78, 5) is 0. The molecule has 0 aliphatic carbocycles. The quantitative estimate of drug-likeness (QED) is 0.208. The summed E-state index contributed by atoms with van der Waals surface area (Å²) in [5.41, 5.74) is 0. The van der Waals surface area contributed by atoms with Crippen LogP contribution in [-0.2, 0) is 19.8 Å². The third-order valence-corrected chi connectivity index (χ3v) is 0. The van der Waals surface area contributed by atoms with Gasteiger partial charge in [0.05, 0.1) is 0 Å². The minimum atomic E-state index is -5.94. The summed E-state index contributed by atoms with van der Waals surface area (Å²) in [5, 5.41) is 0. The normalized spacial score (nSPS) is 11.2. The molecule has 0 rings (SSSR count). The fourth-order valence-electron chi connectivity index (χ4n) is 0. The second-order valence-corrected chi connectivity index (χ2v) is 7.61. The van der Waals surface area contributed by atoms with E-state index in [1.165, 1.54) is 0 Å². The van der Waals surface area contributed by atoms with E-state index in [2.05, 4.69) is 0 Å². The third kappa shape index (κ3) is 699. The Hall–Kier alpha value is 2.35. The summed E-state index contributed by atoms with van der Waals surface area (Å²) in [6.45, 7) is 0. The molecule has 0 aromatic carbocycles. The molecule has 0 aromatic heterocycles. The SMILES string of the molecule is [O-][I+3]([O-])([O-])[O-].[O-][I+3]([O-])([O-])[O-].[O-][I+3]([O-])([O-])[O-].[Os+3]. The Balaban J connectivity index is -0.0000000655. The van der Waals surface area contributed by atoms with Crippen LogP contribution in [0.1, 0.15) is 0 Å². The van der Waals surface area contributed by atoms with Gasteiger partial charge in [-0.05, 0) is 0 Å². The molecule has 12 nitrogen and oxygen atoms in total. The maximum atomic E-state index is 8.62.